The number of guanidine groups is 1. The van der Waals surface area contributed by atoms with Crippen molar-refractivity contribution in [1.29, 1.82) is 0 Å². The molecule has 1 saturated heterocycles. The van der Waals surface area contributed by atoms with Crippen LogP contribution < -0.4 is 14.4 Å². The van der Waals surface area contributed by atoms with Crippen LogP contribution in [0.2, 0.25) is 5.02 Å². The molecule has 30 heavy (non-hydrogen) atoms. The van der Waals surface area contributed by atoms with Gasteiger partial charge in [0.25, 0.3) is 5.91 Å². The summed E-state index contributed by atoms with van der Waals surface area (Å²) in [6.45, 7) is 4.40. The average Bonchev–Trinajstić information content (AvgIpc) is 3.28. The third kappa shape index (κ3) is 3.89. The molecule has 0 atom stereocenters. The van der Waals surface area contributed by atoms with Gasteiger partial charge in [0.05, 0.1) is 26.3 Å². The van der Waals surface area contributed by atoms with E-state index in [-0.39, 0.29) is 5.91 Å². The van der Waals surface area contributed by atoms with Gasteiger partial charge in [-0.15, -0.1) is 0 Å². The maximum Gasteiger partial charge on any atom is 0.264 e. The first-order valence-corrected chi connectivity index (χ1v) is 10.3. The molecule has 2 heterocycles. The average molecular weight is 429 g/mol. The van der Waals surface area contributed by atoms with Crippen LogP contribution in [-0.4, -0.2) is 75.2 Å². The van der Waals surface area contributed by atoms with Crippen molar-refractivity contribution in [3.8, 4) is 11.5 Å². The highest BCUT2D eigenvalue weighted by molar-refractivity contribution is 6.30. The number of hydrogen-bond donors (Lipinski definition) is 0. The lowest BCUT2D eigenvalue weighted by Gasteiger charge is -2.38. The summed E-state index contributed by atoms with van der Waals surface area (Å²) < 4.78 is 10.8. The van der Waals surface area contributed by atoms with E-state index in [1.165, 1.54) is 0 Å². The van der Waals surface area contributed by atoms with E-state index in [0.717, 1.165) is 42.8 Å². The van der Waals surface area contributed by atoms with Gasteiger partial charge >= 0.3 is 0 Å². The van der Waals surface area contributed by atoms with Crippen molar-refractivity contribution in [3.05, 3.63) is 53.1 Å². The lowest BCUT2D eigenvalue weighted by Crippen LogP contribution is -2.53. The van der Waals surface area contributed by atoms with E-state index in [9.17, 15) is 4.79 Å². The largest absolute Gasteiger partial charge is 0.493 e. The zero-order chi connectivity index (χ0) is 21.1. The Balaban J connectivity index is 1.48. The van der Waals surface area contributed by atoms with Crippen molar-refractivity contribution in [2.75, 3.05) is 58.4 Å². The molecular formula is C22H25ClN4O3. The number of amides is 1. The van der Waals surface area contributed by atoms with Crippen LogP contribution in [0.1, 0.15) is 10.4 Å². The number of nitrogens with zero attached hydrogens (tertiary/aromatic N) is 4. The standard InChI is InChI=1S/C22H25ClN4O3/c1-29-19-8-4-7-18(20(19)30-2)21(28)27-10-9-24-22(27)26-13-11-25(12-14-26)17-6-3-5-16(23)15-17/h3-8,15H,9-14H2,1-2H3. The van der Waals surface area contributed by atoms with Crippen molar-refractivity contribution in [2.24, 2.45) is 4.99 Å². The predicted molar refractivity (Wildman–Crippen MR) is 118 cm³/mol. The van der Waals surface area contributed by atoms with Crippen molar-refractivity contribution >= 4 is 29.2 Å². The van der Waals surface area contributed by atoms with Crippen LogP contribution in [0.3, 0.4) is 0 Å². The minimum absolute atomic E-state index is 0.126. The molecule has 8 heteroatoms. The highest BCUT2D eigenvalue weighted by Crippen LogP contribution is 2.32. The van der Waals surface area contributed by atoms with Crippen LogP contribution in [0.4, 0.5) is 5.69 Å². The number of piperazine rings is 1. The van der Waals surface area contributed by atoms with Crippen molar-refractivity contribution < 1.29 is 14.3 Å². The topological polar surface area (TPSA) is 57.6 Å². The maximum absolute atomic E-state index is 13.3. The summed E-state index contributed by atoms with van der Waals surface area (Å²) in [5, 5.41) is 0.735. The molecule has 158 valence electrons. The Labute approximate surface area is 181 Å². The second kappa shape index (κ2) is 8.83. The molecule has 0 bridgehead atoms. The van der Waals surface area contributed by atoms with Crippen LogP contribution in [-0.2, 0) is 0 Å². The van der Waals surface area contributed by atoms with Gasteiger partial charge in [-0.05, 0) is 30.3 Å². The number of anilines is 1. The predicted octanol–water partition coefficient (Wildman–Crippen LogP) is 2.99. The second-order valence-electron chi connectivity index (χ2n) is 7.13. The second-order valence-corrected chi connectivity index (χ2v) is 7.57. The number of para-hydroxylation sites is 1. The van der Waals surface area contributed by atoms with Gasteiger partial charge in [0.15, 0.2) is 11.5 Å². The molecule has 2 aromatic carbocycles. The first-order valence-electron chi connectivity index (χ1n) is 9.95. The van der Waals surface area contributed by atoms with Crippen LogP contribution in [0, 0.1) is 0 Å². The molecule has 2 aliphatic rings. The van der Waals surface area contributed by atoms with Crippen molar-refractivity contribution in [3.63, 3.8) is 0 Å². The highest BCUT2D eigenvalue weighted by atomic mass is 35.5. The maximum atomic E-state index is 13.3. The molecule has 0 radical (unpaired) electrons. The molecule has 2 aliphatic heterocycles. The van der Waals surface area contributed by atoms with Gasteiger partial charge in [0, 0.05) is 43.4 Å². The fraction of sp³-hybridized carbons (Fsp3) is 0.364. The van der Waals surface area contributed by atoms with E-state index >= 15 is 0 Å². The molecule has 1 amide bonds. The quantitative estimate of drug-likeness (QED) is 0.749. The summed E-state index contributed by atoms with van der Waals surface area (Å²) in [7, 11) is 3.11. The Hall–Kier alpha value is -2.93. The molecule has 1 fully saturated rings. The number of aliphatic imine (C=N–C) groups is 1. The van der Waals surface area contributed by atoms with E-state index in [0.29, 0.717) is 30.2 Å². The molecule has 0 N–H and O–H groups in total. The van der Waals surface area contributed by atoms with Gasteiger partial charge in [0.1, 0.15) is 0 Å². The van der Waals surface area contributed by atoms with Gasteiger partial charge in [-0.2, -0.15) is 0 Å². The Kier molecular flexibility index (Phi) is 5.99. The summed E-state index contributed by atoms with van der Waals surface area (Å²) in [4.78, 5) is 24.2. The number of carbonyl (C=O) groups excluding carboxylic acids is 1. The molecule has 0 aliphatic carbocycles. The number of hydrogen-bond acceptors (Lipinski definition) is 6. The van der Waals surface area contributed by atoms with Gasteiger partial charge in [-0.25, -0.2) is 0 Å². The molecule has 0 aromatic heterocycles. The van der Waals surface area contributed by atoms with Crippen molar-refractivity contribution in [2.45, 2.75) is 0 Å². The number of benzene rings is 2. The Morgan fingerprint density at radius 1 is 0.967 bits per heavy atom. The van der Waals surface area contributed by atoms with E-state index < -0.39 is 0 Å². The molecule has 2 aromatic rings. The zero-order valence-corrected chi connectivity index (χ0v) is 17.9. The van der Waals surface area contributed by atoms with Gasteiger partial charge in [-0.3, -0.25) is 14.7 Å². The smallest absolute Gasteiger partial charge is 0.264 e. The van der Waals surface area contributed by atoms with Gasteiger partial charge in [0.2, 0.25) is 5.96 Å². The molecule has 0 saturated carbocycles. The van der Waals surface area contributed by atoms with E-state index in [1.807, 2.05) is 18.2 Å². The van der Waals surface area contributed by atoms with E-state index in [4.69, 9.17) is 21.1 Å². The summed E-state index contributed by atoms with van der Waals surface area (Å²) >= 11 is 6.14. The number of rotatable bonds is 4. The Morgan fingerprint density at radius 2 is 1.70 bits per heavy atom. The fourth-order valence-electron chi connectivity index (χ4n) is 3.94. The molecular weight excluding hydrogens is 404 g/mol. The zero-order valence-electron chi connectivity index (χ0n) is 17.2. The van der Waals surface area contributed by atoms with Crippen LogP contribution in [0.5, 0.6) is 11.5 Å². The first kappa shape index (κ1) is 20.3. The van der Waals surface area contributed by atoms with Gasteiger partial charge in [-0.1, -0.05) is 23.7 Å². The van der Waals surface area contributed by atoms with Crippen LogP contribution in [0.15, 0.2) is 47.5 Å². The Morgan fingerprint density at radius 3 is 2.40 bits per heavy atom. The minimum Gasteiger partial charge on any atom is -0.493 e. The van der Waals surface area contributed by atoms with E-state index in [1.54, 1.807) is 37.3 Å². The third-order valence-corrected chi connectivity index (χ3v) is 5.67. The number of carbonyl (C=O) groups is 1. The summed E-state index contributed by atoms with van der Waals surface area (Å²) in [6, 6.07) is 13.2. The summed E-state index contributed by atoms with van der Waals surface area (Å²) in [6.07, 6.45) is 0. The van der Waals surface area contributed by atoms with E-state index in [2.05, 4.69) is 20.9 Å². The lowest BCUT2D eigenvalue weighted by atomic mass is 10.1. The third-order valence-electron chi connectivity index (χ3n) is 5.43. The van der Waals surface area contributed by atoms with Gasteiger partial charge < -0.3 is 19.3 Å². The SMILES string of the molecule is COc1cccc(C(=O)N2CCN=C2N2CCN(c3cccc(Cl)c3)CC2)c1OC. The minimum atomic E-state index is -0.126. The van der Waals surface area contributed by atoms with Crippen LogP contribution in [0.25, 0.3) is 0 Å². The monoisotopic (exact) mass is 428 g/mol. The first-order chi connectivity index (χ1) is 14.6. The number of methoxy groups -OCH3 is 2. The normalized spacial score (nSPS) is 16.5. The lowest BCUT2D eigenvalue weighted by molar-refractivity contribution is 0.0839. The molecule has 4 rings (SSSR count). The van der Waals surface area contributed by atoms with Crippen molar-refractivity contribution in [1.82, 2.24) is 9.80 Å². The highest BCUT2D eigenvalue weighted by Gasteiger charge is 2.32. The molecule has 0 unspecified atom stereocenters. The van der Waals surface area contributed by atoms with Crippen LogP contribution >= 0.6 is 11.6 Å². The number of ether oxygens (including phenoxy) is 2. The fourth-order valence-corrected chi connectivity index (χ4v) is 4.12. The number of halogens is 1. The molecule has 7 nitrogen and oxygen atoms in total. The molecule has 0 spiro atoms. The summed E-state index contributed by atoms with van der Waals surface area (Å²) in [5.41, 5.74) is 1.59. The summed E-state index contributed by atoms with van der Waals surface area (Å²) in [5.74, 6) is 1.59. The Bertz CT molecular complexity index is 957.